The average molecular weight is 268 g/mol. The molecule has 0 heterocycles. The molecular formula is C14H20O5. The van der Waals surface area contributed by atoms with Crippen LogP contribution in [0.2, 0.25) is 0 Å². The molecule has 0 aliphatic heterocycles. The SMILES string of the molecule is COC(=O)C(O)c1c(OC)ccc(OC)c1C(C)C. The van der Waals surface area contributed by atoms with Gasteiger partial charge in [0.05, 0.1) is 21.3 Å². The lowest BCUT2D eigenvalue weighted by molar-refractivity contribution is -0.150. The summed E-state index contributed by atoms with van der Waals surface area (Å²) in [5, 5.41) is 10.1. The zero-order valence-corrected chi connectivity index (χ0v) is 11.9. The van der Waals surface area contributed by atoms with Crippen molar-refractivity contribution in [3.63, 3.8) is 0 Å². The first-order valence-corrected chi connectivity index (χ1v) is 5.98. The van der Waals surface area contributed by atoms with E-state index in [2.05, 4.69) is 4.74 Å². The van der Waals surface area contributed by atoms with E-state index in [1.807, 2.05) is 13.8 Å². The maximum atomic E-state index is 11.6. The molecule has 1 aromatic carbocycles. The molecule has 1 N–H and O–H groups in total. The highest BCUT2D eigenvalue weighted by atomic mass is 16.5. The first-order valence-electron chi connectivity index (χ1n) is 5.98. The summed E-state index contributed by atoms with van der Waals surface area (Å²) in [6.07, 6.45) is -1.40. The molecule has 0 radical (unpaired) electrons. The third-order valence-electron chi connectivity index (χ3n) is 2.92. The van der Waals surface area contributed by atoms with Crippen molar-refractivity contribution in [2.24, 2.45) is 0 Å². The molecule has 1 unspecified atom stereocenters. The third kappa shape index (κ3) is 2.98. The molecule has 0 aromatic heterocycles. The van der Waals surface area contributed by atoms with Crippen LogP contribution in [0, 0.1) is 0 Å². The van der Waals surface area contributed by atoms with E-state index in [4.69, 9.17) is 9.47 Å². The molecule has 0 amide bonds. The van der Waals surface area contributed by atoms with Crippen molar-refractivity contribution in [3.8, 4) is 11.5 Å². The molecule has 5 nitrogen and oxygen atoms in total. The van der Waals surface area contributed by atoms with E-state index in [1.54, 1.807) is 19.2 Å². The summed E-state index contributed by atoms with van der Waals surface area (Å²) < 4.78 is 15.1. The average Bonchev–Trinajstić information content (AvgIpc) is 2.43. The Labute approximate surface area is 113 Å². The van der Waals surface area contributed by atoms with Crippen LogP contribution < -0.4 is 9.47 Å². The van der Waals surface area contributed by atoms with Crippen LogP contribution in [0.3, 0.4) is 0 Å². The number of ether oxygens (including phenoxy) is 3. The number of hydrogen-bond donors (Lipinski definition) is 1. The normalized spacial score (nSPS) is 12.2. The van der Waals surface area contributed by atoms with Gasteiger partial charge in [0, 0.05) is 11.1 Å². The first kappa shape index (κ1) is 15.3. The Hall–Kier alpha value is -1.75. The number of aliphatic hydroxyl groups is 1. The van der Waals surface area contributed by atoms with Gasteiger partial charge < -0.3 is 19.3 Å². The van der Waals surface area contributed by atoms with Crippen LogP contribution in [-0.4, -0.2) is 32.4 Å². The smallest absolute Gasteiger partial charge is 0.339 e. The number of methoxy groups -OCH3 is 3. The van der Waals surface area contributed by atoms with Crippen LogP contribution in [0.25, 0.3) is 0 Å². The Bertz CT molecular complexity index is 453. The monoisotopic (exact) mass is 268 g/mol. The van der Waals surface area contributed by atoms with Crippen molar-refractivity contribution in [1.29, 1.82) is 0 Å². The van der Waals surface area contributed by atoms with Gasteiger partial charge in [0.25, 0.3) is 0 Å². The van der Waals surface area contributed by atoms with E-state index in [1.165, 1.54) is 14.2 Å². The molecule has 0 aliphatic rings. The van der Waals surface area contributed by atoms with Crippen LogP contribution in [0.15, 0.2) is 12.1 Å². The first-order chi connectivity index (χ1) is 8.97. The third-order valence-corrected chi connectivity index (χ3v) is 2.92. The second kappa shape index (κ2) is 6.43. The summed E-state index contributed by atoms with van der Waals surface area (Å²) in [4.78, 5) is 11.6. The molecular weight excluding hydrogens is 248 g/mol. The highest BCUT2D eigenvalue weighted by Gasteiger charge is 2.28. The summed E-state index contributed by atoms with van der Waals surface area (Å²) in [6.45, 7) is 3.90. The van der Waals surface area contributed by atoms with Crippen molar-refractivity contribution in [3.05, 3.63) is 23.3 Å². The lowest BCUT2D eigenvalue weighted by Crippen LogP contribution is -2.17. The van der Waals surface area contributed by atoms with Crippen LogP contribution >= 0.6 is 0 Å². The standard InChI is InChI=1S/C14H20O5/c1-8(2)11-9(17-3)6-7-10(18-4)12(11)13(15)14(16)19-5/h6-8,13,15H,1-5H3. The fourth-order valence-electron chi connectivity index (χ4n) is 2.06. The van der Waals surface area contributed by atoms with E-state index in [9.17, 15) is 9.90 Å². The summed E-state index contributed by atoms with van der Waals surface area (Å²) in [5.41, 5.74) is 1.13. The molecule has 0 saturated carbocycles. The van der Waals surface area contributed by atoms with Crippen LogP contribution in [-0.2, 0) is 9.53 Å². The zero-order chi connectivity index (χ0) is 14.6. The Morgan fingerprint density at radius 1 is 1.05 bits per heavy atom. The lowest BCUT2D eigenvalue weighted by Gasteiger charge is -2.22. The molecule has 1 aromatic rings. The van der Waals surface area contributed by atoms with Crippen molar-refractivity contribution in [2.75, 3.05) is 21.3 Å². The number of aliphatic hydroxyl groups excluding tert-OH is 1. The predicted octanol–water partition coefficient (Wildman–Crippen LogP) is 2.03. The van der Waals surface area contributed by atoms with Crippen LogP contribution in [0.4, 0.5) is 0 Å². The van der Waals surface area contributed by atoms with Gasteiger partial charge >= 0.3 is 5.97 Å². The Balaban J connectivity index is 3.51. The minimum atomic E-state index is -1.40. The number of hydrogen-bond acceptors (Lipinski definition) is 5. The van der Waals surface area contributed by atoms with Crippen LogP contribution in [0.1, 0.15) is 37.0 Å². The number of rotatable bonds is 5. The molecule has 106 valence electrons. The lowest BCUT2D eigenvalue weighted by atomic mass is 9.92. The molecule has 5 heteroatoms. The molecule has 0 fully saturated rings. The highest BCUT2D eigenvalue weighted by molar-refractivity contribution is 5.78. The Morgan fingerprint density at radius 3 is 1.89 bits per heavy atom. The zero-order valence-electron chi connectivity index (χ0n) is 11.9. The van der Waals surface area contributed by atoms with Gasteiger partial charge in [-0.25, -0.2) is 4.79 Å². The highest BCUT2D eigenvalue weighted by Crippen LogP contribution is 2.39. The quantitative estimate of drug-likeness (QED) is 0.828. The van der Waals surface area contributed by atoms with Gasteiger partial charge in [0.2, 0.25) is 0 Å². The van der Waals surface area contributed by atoms with E-state index < -0.39 is 12.1 Å². The summed E-state index contributed by atoms with van der Waals surface area (Å²) in [7, 11) is 4.26. The van der Waals surface area contributed by atoms with Crippen molar-refractivity contribution < 1.29 is 24.1 Å². The minimum absolute atomic E-state index is 0.0550. The number of esters is 1. The molecule has 19 heavy (non-hydrogen) atoms. The van der Waals surface area contributed by atoms with Crippen molar-refractivity contribution in [2.45, 2.75) is 25.9 Å². The minimum Gasteiger partial charge on any atom is -0.496 e. The van der Waals surface area contributed by atoms with Crippen molar-refractivity contribution >= 4 is 5.97 Å². The second-order valence-corrected chi connectivity index (χ2v) is 4.38. The van der Waals surface area contributed by atoms with Gasteiger partial charge in [-0.05, 0) is 18.1 Å². The molecule has 1 rings (SSSR count). The van der Waals surface area contributed by atoms with Gasteiger partial charge in [-0.2, -0.15) is 0 Å². The van der Waals surface area contributed by atoms with E-state index >= 15 is 0 Å². The van der Waals surface area contributed by atoms with Gasteiger partial charge in [-0.3, -0.25) is 0 Å². The van der Waals surface area contributed by atoms with Crippen LogP contribution in [0.5, 0.6) is 11.5 Å². The fourth-order valence-corrected chi connectivity index (χ4v) is 2.06. The number of benzene rings is 1. The number of carbonyl (C=O) groups is 1. The second-order valence-electron chi connectivity index (χ2n) is 4.38. The van der Waals surface area contributed by atoms with Gasteiger partial charge in [0.1, 0.15) is 11.5 Å². The Kier molecular flexibility index (Phi) is 5.18. The van der Waals surface area contributed by atoms with Gasteiger partial charge in [0.15, 0.2) is 6.10 Å². The maximum absolute atomic E-state index is 11.6. The molecule has 0 saturated heterocycles. The Morgan fingerprint density at radius 2 is 1.53 bits per heavy atom. The van der Waals surface area contributed by atoms with E-state index in [-0.39, 0.29) is 5.92 Å². The number of carbonyl (C=O) groups excluding carboxylic acids is 1. The molecule has 0 aliphatic carbocycles. The maximum Gasteiger partial charge on any atom is 0.339 e. The predicted molar refractivity (Wildman–Crippen MR) is 70.6 cm³/mol. The molecule has 0 bridgehead atoms. The van der Waals surface area contributed by atoms with Gasteiger partial charge in [-0.15, -0.1) is 0 Å². The van der Waals surface area contributed by atoms with E-state index in [0.29, 0.717) is 17.1 Å². The van der Waals surface area contributed by atoms with Crippen molar-refractivity contribution in [1.82, 2.24) is 0 Å². The summed E-state index contributed by atoms with van der Waals surface area (Å²) in [5.74, 6) is 0.365. The largest absolute Gasteiger partial charge is 0.496 e. The molecule has 0 spiro atoms. The summed E-state index contributed by atoms with van der Waals surface area (Å²) >= 11 is 0. The topological polar surface area (TPSA) is 65.0 Å². The molecule has 1 atom stereocenters. The van der Waals surface area contributed by atoms with E-state index in [0.717, 1.165) is 5.56 Å². The summed E-state index contributed by atoms with van der Waals surface area (Å²) in [6, 6.07) is 3.41. The van der Waals surface area contributed by atoms with Gasteiger partial charge in [-0.1, -0.05) is 13.8 Å². The fraction of sp³-hybridized carbons (Fsp3) is 0.500.